The van der Waals surface area contributed by atoms with Gasteiger partial charge in [0, 0.05) is 6.04 Å². The second-order valence-electron chi connectivity index (χ2n) is 4.83. The zero-order chi connectivity index (χ0) is 13.8. The van der Waals surface area contributed by atoms with Crippen LogP contribution in [0.4, 0.5) is 4.39 Å². The van der Waals surface area contributed by atoms with Crippen molar-refractivity contribution in [2.75, 3.05) is 6.54 Å². The highest BCUT2D eigenvalue weighted by molar-refractivity contribution is 5.71. The van der Waals surface area contributed by atoms with Gasteiger partial charge in [-0.05, 0) is 54.8 Å². The normalized spacial score (nSPS) is 12.4. The van der Waals surface area contributed by atoms with Crippen LogP contribution in [-0.2, 0) is 0 Å². The summed E-state index contributed by atoms with van der Waals surface area (Å²) in [7, 11) is 0. The summed E-state index contributed by atoms with van der Waals surface area (Å²) in [5, 5.41) is 3.41. The van der Waals surface area contributed by atoms with Crippen LogP contribution in [-0.4, -0.2) is 6.54 Å². The van der Waals surface area contributed by atoms with E-state index in [9.17, 15) is 4.39 Å². The quantitative estimate of drug-likeness (QED) is 0.852. The fourth-order valence-corrected chi connectivity index (χ4v) is 2.42. The molecule has 0 heterocycles. The van der Waals surface area contributed by atoms with Gasteiger partial charge in [-0.2, -0.15) is 0 Å². The molecule has 0 saturated carbocycles. The number of halogens is 1. The second kappa shape index (κ2) is 5.98. The zero-order valence-electron chi connectivity index (χ0n) is 11.7. The molecule has 0 radical (unpaired) electrons. The van der Waals surface area contributed by atoms with Gasteiger partial charge in [0.05, 0.1) is 0 Å². The number of benzene rings is 2. The first-order chi connectivity index (χ1) is 9.13. The molecule has 0 amide bonds. The third-order valence-electron chi connectivity index (χ3n) is 3.43. The Morgan fingerprint density at radius 3 is 2.58 bits per heavy atom. The van der Waals surface area contributed by atoms with E-state index in [0.717, 1.165) is 23.2 Å². The van der Waals surface area contributed by atoms with Gasteiger partial charge in [-0.3, -0.25) is 0 Å². The van der Waals surface area contributed by atoms with Gasteiger partial charge in [-0.15, -0.1) is 0 Å². The van der Waals surface area contributed by atoms with Crippen molar-refractivity contribution in [1.82, 2.24) is 5.32 Å². The number of nitrogens with one attached hydrogen (secondary N) is 1. The van der Waals surface area contributed by atoms with Crippen LogP contribution >= 0.6 is 0 Å². The summed E-state index contributed by atoms with van der Waals surface area (Å²) in [6.45, 7) is 7.16. The molecule has 1 unspecified atom stereocenters. The van der Waals surface area contributed by atoms with E-state index in [1.807, 2.05) is 25.1 Å². The highest BCUT2D eigenvalue weighted by Gasteiger charge is 2.12. The van der Waals surface area contributed by atoms with Crippen molar-refractivity contribution in [3.63, 3.8) is 0 Å². The van der Waals surface area contributed by atoms with Gasteiger partial charge in [0.15, 0.2) is 0 Å². The lowest BCUT2D eigenvalue weighted by Gasteiger charge is -2.18. The predicted octanol–water partition coefficient (Wildman–Crippen LogP) is 4.47. The van der Waals surface area contributed by atoms with E-state index < -0.39 is 0 Å². The van der Waals surface area contributed by atoms with E-state index in [1.54, 1.807) is 6.07 Å². The Bertz CT molecular complexity index is 563. The van der Waals surface area contributed by atoms with Gasteiger partial charge in [-0.1, -0.05) is 37.3 Å². The fourth-order valence-electron chi connectivity index (χ4n) is 2.42. The van der Waals surface area contributed by atoms with Crippen LogP contribution in [0.25, 0.3) is 11.1 Å². The SMILES string of the molecule is CCNC(C)c1ccccc1-c1cc(F)ccc1C. The number of hydrogen-bond donors (Lipinski definition) is 1. The Labute approximate surface area is 114 Å². The van der Waals surface area contributed by atoms with E-state index in [2.05, 4.69) is 31.3 Å². The third-order valence-corrected chi connectivity index (χ3v) is 3.43. The molecular weight excluding hydrogens is 237 g/mol. The number of rotatable bonds is 4. The Kier molecular flexibility index (Phi) is 4.33. The van der Waals surface area contributed by atoms with Crippen molar-refractivity contribution in [3.05, 3.63) is 59.4 Å². The van der Waals surface area contributed by atoms with Gasteiger partial charge in [0.2, 0.25) is 0 Å². The molecule has 0 aromatic heterocycles. The molecule has 2 rings (SSSR count). The van der Waals surface area contributed by atoms with Crippen LogP contribution < -0.4 is 5.32 Å². The minimum absolute atomic E-state index is 0.188. The Balaban J connectivity index is 2.53. The molecule has 2 aromatic rings. The van der Waals surface area contributed by atoms with E-state index in [1.165, 1.54) is 11.6 Å². The zero-order valence-corrected chi connectivity index (χ0v) is 11.7. The van der Waals surface area contributed by atoms with Crippen LogP contribution in [0.5, 0.6) is 0 Å². The molecule has 0 spiro atoms. The maximum absolute atomic E-state index is 13.5. The van der Waals surface area contributed by atoms with Crippen LogP contribution in [0.3, 0.4) is 0 Å². The summed E-state index contributed by atoms with van der Waals surface area (Å²) in [6, 6.07) is 13.4. The Morgan fingerprint density at radius 1 is 1.11 bits per heavy atom. The van der Waals surface area contributed by atoms with Crippen LogP contribution in [0.15, 0.2) is 42.5 Å². The maximum Gasteiger partial charge on any atom is 0.123 e. The average Bonchev–Trinajstić information content (AvgIpc) is 2.42. The molecule has 1 N–H and O–H groups in total. The van der Waals surface area contributed by atoms with E-state index >= 15 is 0 Å². The molecule has 100 valence electrons. The van der Waals surface area contributed by atoms with Crippen molar-refractivity contribution >= 4 is 0 Å². The average molecular weight is 257 g/mol. The molecule has 0 saturated heterocycles. The molecule has 1 nitrogen and oxygen atoms in total. The molecular formula is C17H20FN. The maximum atomic E-state index is 13.5. The molecule has 0 bridgehead atoms. The Morgan fingerprint density at radius 2 is 1.84 bits per heavy atom. The first-order valence-electron chi connectivity index (χ1n) is 6.72. The van der Waals surface area contributed by atoms with Gasteiger partial charge in [0.1, 0.15) is 5.82 Å². The minimum atomic E-state index is -0.188. The molecule has 0 aliphatic carbocycles. The van der Waals surface area contributed by atoms with Crippen molar-refractivity contribution in [3.8, 4) is 11.1 Å². The van der Waals surface area contributed by atoms with E-state index in [-0.39, 0.29) is 11.9 Å². The summed E-state index contributed by atoms with van der Waals surface area (Å²) >= 11 is 0. The van der Waals surface area contributed by atoms with E-state index in [4.69, 9.17) is 0 Å². The Hall–Kier alpha value is -1.67. The van der Waals surface area contributed by atoms with Crippen molar-refractivity contribution in [1.29, 1.82) is 0 Å². The summed E-state index contributed by atoms with van der Waals surface area (Å²) < 4.78 is 13.5. The second-order valence-corrected chi connectivity index (χ2v) is 4.83. The third kappa shape index (κ3) is 3.02. The molecule has 0 aliphatic heterocycles. The highest BCUT2D eigenvalue weighted by Crippen LogP contribution is 2.30. The molecule has 2 heteroatoms. The first-order valence-corrected chi connectivity index (χ1v) is 6.72. The standard InChI is InChI=1S/C17H20FN/c1-4-19-13(3)15-7-5-6-8-16(15)17-11-14(18)10-9-12(17)2/h5-11,13,19H,4H2,1-3H3. The van der Waals surface area contributed by atoms with Gasteiger partial charge in [-0.25, -0.2) is 4.39 Å². The molecule has 19 heavy (non-hydrogen) atoms. The largest absolute Gasteiger partial charge is 0.310 e. The lowest BCUT2D eigenvalue weighted by atomic mass is 9.93. The lowest BCUT2D eigenvalue weighted by molar-refractivity contribution is 0.599. The van der Waals surface area contributed by atoms with Crippen molar-refractivity contribution in [2.24, 2.45) is 0 Å². The van der Waals surface area contributed by atoms with Crippen LogP contribution in [0, 0.1) is 12.7 Å². The smallest absolute Gasteiger partial charge is 0.123 e. The number of hydrogen-bond acceptors (Lipinski definition) is 1. The summed E-state index contributed by atoms with van der Waals surface area (Å²) in [5.74, 6) is -0.188. The number of aryl methyl sites for hydroxylation is 1. The first kappa shape index (κ1) is 13.8. The molecule has 0 fully saturated rings. The lowest BCUT2D eigenvalue weighted by Crippen LogP contribution is -2.18. The minimum Gasteiger partial charge on any atom is -0.310 e. The van der Waals surface area contributed by atoms with Crippen molar-refractivity contribution in [2.45, 2.75) is 26.8 Å². The van der Waals surface area contributed by atoms with E-state index in [0.29, 0.717) is 0 Å². The predicted molar refractivity (Wildman–Crippen MR) is 78.7 cm³/mol. The van der Waals surface area contributed by atoms with Crippen molar-refractivity contribution < 1.29 is 4.39 Å². The van der Waals surface area contributed by atoms with Gasteiger partial charge >= 0.3 is 0 Å². The van der Waals surface area contributed by atoms with Gasteiger partial charge < -0.3 is 5.32 Å². The van der Waals surface area contributed by atoms with Crippen LogP contribution in [0.1, 0.15) is 31.0 Å². The molecule has 2 aromatic carbocycles. The fraction of sp³-hybridized carbons (Fsp3) is 0.294. The molecule has 0 aliphatic rings. The highest BCUT2D eigenvalue weighted by atomic mass is 19.1. The monoisotopic (exact) mass is 257 g/mol. The van der Waals surface area contributed by atoms with Gasteiger partial charge in [0.25, 0.3) is 0 Å². The summed E-state index contributed by atoms with van der Waals surface area (Å²) in [5.41, 5.74) is 4.38. The molecule has 1 atom stereocenters. The van der Waals surface area contributed by atoms with Crippen LogP contribution in [0.2, 0.25) is 0 Å². The topological polar surface area (TPSA) is 12.0 Å². The summed E-state index contributed by atoms with van der Waals surface area (Å²) in [4.78, 5) is 0. The summed E-state index contributed by atoms with van der Waals surface area (Å²) in [6.07, 6.45) is 0.